The minimum absolute atomic E-state index is 0.0584. The van der Waals surface area contributed by atoms with Crippen LogP contribution in [-0.2, 0) is 10.8 Å². The van der Waals surface area contributed by atoms with Crippen molar-refractivity contribution in [3.63, 3.8) is 0 Å². The van der Waals surface area contributed by atoms with Crippen molar-refractivity contribution in [3.8, 4) is 56.0 Å². The molecular formula is C52H42N2O. The van der Waals surface area contributed by atoms with E-state index >= 15 is 0 Å². The van der Waals surface area contributed by atoms with Gasteiger partial charge in [-0.2, -0.15) is 4.98 Å². The van der Waals surface area contributed by atoms with Crippen LogP contribution in [-0.4, -0.2) is 9.97 Å². The summed E-state index contributed by atoms with van der Waals surface area (Å²) in [7, 11) is 0. The third-order valence-corrected chi connectivity index (χ3v) is 13.9. The molecule has 6 aromatic carbocycles. The zero-order chi connectivity index (χ0) is 36.1. The zero-order valence-corrected chi connectivity index (χ0v) is 31.1. The van der Waals surface area contributed by atoms with Gasteiger partial charge in [0.15, 0.2) is 5.82 Å². The van der Waals surface area contributed by atoms with Crippen LogP contribution in [0.1, 0.15) is 86.5 Å². The maximum Gasteiger partial charge on any atom is 0.231 e. The van der Waals surface area contributed by atoms with Crippen LogP contribution in [0.25, 0.3) is 78.1 Å². The largest absolute Gasteiger partial charge is 0.438 e. The molecule has 2 fully saturated rings. The van der Waals surface area contributed by atoms with E-state index in [2.05, 4.69) is 115 Å². The Labute approximate surface area is 322 Å². The highest BCUT2D eigenvalue weighted by molar-refractivity contribution is 6.10. The smallest absolute Gasteiger partial charge is 0.231 e. The van der Waals surface area contributed by atoms with E-state index in [0.29, 0.717) is 11.5 Å². The van der Waals surface area contributed by atoms with Crippen LogP contribution >= 0.6 is 0 Å². The number of fused-ring (bicyclic) bond motifs is 13. The van der Waals surface area contributed by atoms with Crippen molar-refractivity contribution in [1.29, 1.82) is 0 Å². The zero-order valence-electron chi connectivity index (χ0n) is 31.1. The van der Waals surface area contributed by atoms with Crippen LogP contribution < -0.4 is 0 Å². The second-order valence-corrected chi connectivity index (χ2v) is 16.7. The number of benzene rings is 6. The molecule has 2 saturated carbocycles. The van der Waals surface area contributed by atoms with Crippen molar-refractivity contribution in [2.75, 3.05) is 0 Å². The average molecular weight is 711 g/mol. The van der Waals surface area contributed by atoms with Gasteiger partial charge < -0.3 is 4.42 Å². The normalized spacial score (nSPS) is 17.4. The highest BCUT2D eigenvalue weighted by Crippen LogP contribution is 2.62. The second-order valence-electron chi connectivity index (χ2n) is 16.7. The van der Waals surface area contributed by atoms with Gasteiger partial charge in [0.1, 0.15) is 5.58 Å². The van der Waals surface area contributed by atoms with Gasteiger partial charge in [0.05, 0.1) is 11.1 Å². The van der Waals surface area contributed by atoms with Gasteiger partial charge in [0.2, 0.25) is 5.71 Å². The molecule has 0 atom stereocenters. The van der Waals surface area contributed by atoms with Crippen molar-refractivity contribution in [2.45, 2.75) is 75.0 Å². The van der Waals surface area contributed by atoms with E-state index in [0.717, 1.165) is 33.2 Å². The van der Waals surface area contributed by atoms with Gasteiger partial charge in [-0.05, 0) is 112 Å². The maximum absolute atomic E-state index is 6.37. The van der Waals surface area contributed by atoms with E-state index in [-0.39, 0.29) is 10.8 Å². The van der Waals surface area contributed by atoms with Crippen LogP contribution in [0, 0.1) is 0 Å². The average Bonchev–Trinajstić information content (AvgIpc) is 3.85. The Morgan fingerprint density at radius 3 is 1.80 bits per heavy atom. The summed E-state index contributed by atoms with van der Waals surface area (Å²) in [5.74, 6) is 0.677. The SMILES string of the molecule is c1ccc(-c2nc(-c3cccc(-c4ccc5c(c4)C4(CCCCC4)c4cc6c(cc4-5)C4(CCCCC4)c4ccccc4-6)c3)nc3oc4ccccc4c23)cc1. The Bertz CT molecular complexity index is 2830. The van der Waals surface area contributed by atoms with Crippen LogP contribution in [0.15, 0.2) is 138 Å². The van der Waals surface area contributed by atoms with Gasteiger partial charge in [-0.1, -0.05) is 142 Å². The molecular weight excluding hydrogens is 669 g/mol. The molecule has 2 heterocycles. The highest BCUT2D eigenvalue weighted by atomic mass is 16.3. The Balaban J connectivity index is 0.998. The number of para-hydroxylation sites is 1. The summed E-state index contributed by atoms with van der Waals surface area (Å²) in [4.78, 5) is 10.3. The molecule has 0 amide bonds. The Hall–Kier alpha value is -5.80. The molecule has 12 rings (SSSR count). The third kappa shape index (κ3) is 4.50. The van der Waals surface area contributed by atoms with E-state index in [9.17, 15) is 0 Å². The van der Waals surface area contributed by atoms with Crippen LogP contribution in [0.2, 0.25) is 0 Å². The molecule has 0 N–H and O–H groups in total. The van der Waals surface area contributed by atoms with E-state index in [1.54, 1.807) is 16.7 Å². The molecule has 0 bridgehead atoms. The first kappa shape index (κ1) is 31.5. The predicted octanol–water partition coefficient (Wildman–Crippen LogP) is 13.8. The van der Waals surface area contributed by atoms with Gasteiger partial charge in [0.25, 0.3) is 0 Å². The number of furan rings is 1. The molecule has 3 heteroatoms. The first-order chi connectivity index (χ1) is 27.2. The number of hydrogen-bond donors (Lipinski definition) is 0. The fourth-order valence-corrected chi connectivity index (χ4v) is 11.4. The Morgan fingerprint density at radius 2 is 1.02 bits per heavy atom. The molecule has 4 aliphatic rings. The van der Waals surface area contributed by atoms with Crippen LogP contribution in [0.5, 0.6) is 0 Å². The van der Waals surface area contributed by atoms with Gasteiger partial charge in [-0.3, -0.25) is 0 Å². The second kappa shape index (κ2) is 11.8. The molecule has 0 unspecified atom stereocenters. The number of nitrogens with zero attached hydrogens (tertiary/aromatic N) is 2. The van der Waals surface area contributed by atoms with Crippen LogP contribution in [0.4, 0.5) is 0 Å². The molecule has 266 valence electrons. The topological polar surface area (TPSA) is 38.9 Å². The summed E-state index contributed by atoms with van der Waals surface area (Å²) in [6.07, 6.45) is 12.8. The van der Waals surface area contributed by atoms with E-state index in [1.807, 2.05) is 18.2 Å². The van der Waals surface area contributed by atoms with Gasteiger partial charge in [0, 0.05) is 27.3 Å². The van der Waals surface area contributed by atoms with Crippen molar-refractivity contribution in [1.82, 2.24) is 9.97 Å². The Morgan fingerprint density at radius 1 is 0.418 bits per heavy atom. The number of aromatic nitrogens is 2. The molecule has 55 heavy (non-hydrogen) atoms. The molecule has 0 saturated heterocycles. The predicted molar refractivity (Wildman–Crippen MR) is 224 cm³/mol. The maximum atomic E-state index is 6.37. The third-order valence-electron chi connectivity index (χ3n) is 13.9. The lowest BCUT2D eigenvalue weighted by Crippen LogP contribution is -2.29. The fraction of sp³-hybridized carbons (Fsp3) is 0.231. The lowest BCUT2D eigenvalue weighted by Gasteiger charge is -2.37. The van der Waals surface area contributed by atoms with Crippen molar-refractivity contribution < 1.29 is 4.42 Å². The van der Waals surface area contributed by atoms with Crippen molar-refractivity contribution in [3.05, 3.63) is 156 Å². The van der Waals surface area contributed by atoms with Crippen molar-refractivity contribution >= 4 is 22.1 Å². The van der Waals surface area contributed by atoms with Crippen molar-refractivity contribution in [2.24, 2.45) is 0 Å². The molecule has 2 spiro atoms. The summed E-state index contributed by atoms with van der Waals surface area (Å²) < 4.78 is 6.37. The molecule has 3 nitrogen and oxygen atoms in total. The van der Waals surface area contributed by atoms with Crippen LogP contribution in [0.3, 0.4) is 0 Å². The minimum Gasteiger partial charge on any atom is -0.438 e. The molecule has 8 aromatic rings. The quantitative estimate of drug-likeness (QED) is 0.183. The monoisotopic (exact) mass is 710 g/mol. The lowest BCUT2D eigenvalue weighted by atomic mass is 9.66. The summed E-state index contributed by atoms with van der Waals surface area (Å²) in [6.45, 7) is 0. The van der Waals surface area contributed by atoms with Gasteiger partial charge >= 0.3 is 0 Å². The summed E-state index contributed by atoms with van der Waals surface area (Å²) >= 11 is 0. The summed E-state index contributed by atoms with van der Waals surface area (Å²) in [5.41, 5.74) is 19.3. The Kier molecular flexibility index (Phi) is 6.79. The number of rotatable bonds is 3. The van der Waals surface area contributed by atoms with Gasteiger partial charge in [-0.15, -0.1) is 0 Å². The first-order valence-corrected chi connectivity index (χ1v) is 20.5. The first-order valence-electron chi connectivity index (χ1n) is 20.5. The van der Waals surface area contributed by atoms with Gasteiger partial charge in [-0.25, -0.2) is 4.98 Å². The molecule has 0 aliphatic heterocycles. The van der Waals surface area contributed by atoms with E-state index in [1.165, 1.54) is 103 Å². The minimum atomic E-state index is 0.0584. The molecule has 2 aromatic heterocycles. The van der Waals surface area contributed by atoms with E-state index in [4.69, 9.17) is 14.4 Å². The summed E-state index contributed by atoms with van der Waals surface area (Å²) in [5, 5.41) is 2.00. The molecule has 4 aliphatic carbocycles. The standard InChI is InChI=1S/C52H42N2O/c1-4-15-33(16-5-1)48-47-39-20-7-9-22-46(39)55-50(47)54-49(53-48)36-18-14-17-34(29-36)35-23-24-38-41-32-44-40(31-45(41)52(43(38)30-35)27-12-3-13-28-52)37-19-6-8-21-42(37)51(44)25-10-2-11-26-51/h1,4-9,14-24,29-32H,2-3,10-13,25-28H2. The number of hydrogen-bond acceptors (Lipinski definition) is 3. The molecule has 0 radical (unpaired) electrons. The van der Waals surface area contributed by atoms with E-state index < -0.39 is 0 Å². The summed E-state index contributed by atoms with van der Waals surface area (Å²) in [6, 6.07) is 49.5. The fourth-order valence-electron chi connectivity index (χ4n) is 11.4. The lowest BCUT2D eigenvalue weighted by molar-refractivity contribution is 0.350. The highest BCUT2D eigenvalue weighted by Gasteiger charge is 2.49.